The van der Waals surface area contributed by atoms with Gasteiger partial charge in [0.2, 0.25) is 12.5 Å². The zero-order valence-corrected chi connectivity index (χ0v) is 20.7. The third-order valence-electron chi connectivity index (χ3n) is 7.28. The number of rotatable bonds is 4. The number of benzene rings is 2. The number of nitrogens with zero attached hydrogens (tertiary/aromatic N) is 7. The molecule has 11 heteroatoms. The van der Waals surface area contributed by atoms with Crippen LogP contribution in [0.15, 0.2) is 30.3 Å². The lowest BCUT2D eigenvalue weighted by molar-refractivity contribution is 0.0664. The van der Waals surface area contributed by atoms with Gasteiger partial charge in [-0.05, 0) is 66.8 Å². The fourth-order valence-electron chi connectivity index (χ4n) is 5.24. The summed E-state index contributed by atoms with van der Waals surface area (Å²) in [7, 11) is 5.77. The number of amides is 1. The molecule has 1 saturated heterocycles. The molecule has 36 heavy (non-hydrogen) atoms. The van der Waals surface area contributed by atoms with E-state index in [2.05, 4.69) is 39.4 Å². The number of hydrogen-bond donors (Lipinski definition) is 0. The second-order valence-electron chi connectivity index (χ2n) is 9.44. The summed E-state index contributed by atoms with van der Waals surface area (Å²) in [6.07, 6.45) is 0.847. The van der Waals surface area contributed by atoms with Gasteiger partial charge >= 0.3 is 0 Å². The Morgan fingerprint density at radius 2 is 1.83 bits per heavy atom. The van der Waals surface area contributed by atoms with E-state index in [9.17, 15) is 4.79 Å². The van der Waals surface area contributed by atoms with Crippen LogP contribution in [0.2, 0.25) is 0 Å². The molecule has 1 atom stereocenters. The molecule has 0 radical (unpaired) electrons. The summed E-state index contributed by atoms with van der Waals surface area (Å²) in [5.74, 6) is 2.68. The van der Waals surface area contributed by atoms with Crippen LogP contribution in [0.4, 0.5) is 0 Å². The van der Waals surface area contributed by atoms with Crippen molar-refractivity contribution in [3.63, 3.8) is 0 Å². The summed E-state index contributed by atoms with van der Waals surface area (Å²) in [5, 5.41) is 12.7. The highest BCUT2D eigenvalue weighted by Gasteiger charge is 2.37. The first-order valence-electron chi connectivity index (χ1n) is 12.1. The standard InChI is InChI=1S/C25H29N7O4/c1-29-10-12-31(13-11-29)25(33)16-4-6-18(7-5-16)32-24(26-27-28-32)21-20-17(8-9-30(21)2)14-19-22(23(20)34-3)36-15-35-19/h4-7,14,21H,8-13,15H2,1-3H3. The van der Waals surface area contributed by atoms with Gasteiger partial charge < -0.3 is 24.0 Å². The number of piperazine rings is 1. The molecule has 1 unspecified atom stereocenters. The van der Waals surface area contributed by atoms with Crippen LogP contribution in [0, 0.1) is 0 Å². The van der Waals surface area contributed by atoms with Gasteiger partial charge in [-0.1, -0.05) is 0 Å². The maximum absolute atomic E-state index is 13.0. The first kappa shape index (κ1) is 22.7. The van der Waals surface area contributed by atoms with Crippen LogP contribution < -0.4 is 14.2 Å². The molecule has 0 bridgehead atoms. The maximum atomic E-state index is 13.0. The van der Waals surface area contributed by atoms with Crippen LogP contribution in [0.3, 0.4) is 0 Å². The molecule has 3 aliphatic rings. The number of tetrazole rings is 1. The van der Waals surface area contributed by atoms with Gasteiger partial charge in [0, 0.05) is 43.9 Å². The van der Waals surface area contributed by atoms with Crippen molar-refractivity contribution in [1.29, 1.82) is 0 Å². The Hall–Kier alpha value is -3.70. The van der Waals surface area contributed by atoms with Gasteiger partial charge in [-0.2, -0.15) is 4.68 Å². The Bertz CT molecular complexity index is 1280. The van der Waals surface area contributed by atoms with Crippen LogP contribution in [-0.4, -0.2) is 102 Å². The second kappa shape index (κ2) is 9.07. The number of carbonyl (C=O) groups is 1. The molecule has 6 rings (SSSR count). The van der Waals surface area contributed by atoms with Crippen LogP contribution >= 0.6 is 0 Å². The van der Waals surface area contributed by atoms with E-state index >= 15 is 0 Å². The highest BCUT2D eigenvalue weighted by molar-refractivity contribution is 5.94. The van der Waals surface area contributed by atoms with Crippen molar-refractivity contribution >= 4 is 5.91 Å². The lowest BCUT2D eigenvalue weighted by Gasteiger charge is -2.34. The maximum Gasteiger partial charge on any atom is 0.253 e. The molecule has 3 aliphatic heterocycles. The summed E-state index contributed by atoms with van der Waals surface area (Å²) in [6, 6.07) is 9.26. The molecule has 2 aromatic carbocycles. The molecule has 188 valence electrons. The van der Waals surface area contributed by atoms with Crippen LogP contribution in [0.5, 0.6) is 17.2 Å². The van der Waals surface area contributed by atoms with E-state index in [1.54, 1.807) is 11.8 Å². The number of likely N-dealkylation sites (N-methyl/N-ethyl adjacent to an activating group) is 2. The zero-order chi connectivity index (χ0) is 24.8. The first-order valence-corrected chi connectivity index (χ1v) is 12.1. The number of ether oxygens (including phenoxy) is 3. The molecular weight excluding hydrogens is 462 g/mol. The van der Waals surface area contributed by atoms with Gasteiger partial charge in [-0.15, -0.1) is 5.10 Å². The SMILES string of the molecule is COc1c2c(cc3c1C(c1nnnn1-c1ccc(C(=O)N4CCN(C)CC4)cc1)N(C)CC3)OCO2. The summed E-state index contributed by atoms with van der Waals surface area (Å²) in [4.78, 5) is 19.3. The quantitative estimate of drug-likeness (QED) is 0.536. The third kappa shape index (κ3) is 3.75. The molecule has 11 nitrogen and oxygen atoms in total. The van der Waals surface area contributed by atoms with E-state index < -0.39 is 0 Å². The minimum Gasteiger partial charge on any atom is -0.492 e. The normalized spacial score (nSPS) is 19.9. The van der Waals surface area contributed by atoms with Gasteiger partial charge in [0.15, 0.2) is 17.3 Å². The zero-order valence-electron chi connectivity index (χ0n) is 20.7. The largest absolute Gasteiger partial charge is 0.492 e. The van der Waals surface area contributed by atoms with Crippen LogP contribution in [0.25, 0.3) is 5.69 Å². The molecular formula is C25H29N7O4. The number of aromatic nitrogens is 4. The predicted molar refractivity (Wildman–Crippen MR) is 130 cm³/mol. The van der Waals surface area contributed by atoms with Crippen molar-refractivity contribution in [3.8, 4) is 22.9 Å². The highest BCUT2D eigenvalue weighted by Crippen LogP contribution is 2.50. The van der Waals surface area contributed by atoms with Gasteiger partial charge in [0.25, 0.3) is 5.91 Å². The van der Waals surface area contributed by atoms with Crippen molar-refractivity contribution < 1.29 is 19.0 Å². The Labute approximate surface area is 209 Å². The number of fused-ring (bicyclic) bond motifs is 2. The first-order chi connectivity index (χ1) is 17.5. The Kier molecular flexibility index (Phi) is 5.73. The van der Waals surface area contributed by atoms with Crippen molar-refractivity contribution in [3.05, 3.63) is 52.8 Å². The molecule has 4 heterocycles. The minimum atomic E-state index is -0.250. The monoisotopic (exact) mass is 491 g/mol. The van der Waals surface area contributed by atoms with E-state index in [1.807, 2.05) is 35.2 Å². The predicted octanol–water partition coefficient (Wildman–Crippen LogP) is 1.36. The molecule has 0 saturated carbocycles. The van der Waals surface area contributed by atoms with Gasteiger partial charge in [0.1, 0.15) is 6.04 Å². The summed E-state index contributed by atoms with van der Waals surface area (Å²) < 4.78 is 18.9. The highest BCUT2D eigenvalue weighted by atomic mass is 16.7. The molecule has 0 N–H and O–H groups in total. The number of carbonyl (C=O) groups excluding carboxylic acids is 1. The lowest BCUT2D eigenvalue weighted by Crippen LogP contribution is -2.47. The number of methoxy groups -OCH3 is 1. The Morgan fingerprint density at radius 3 is 2.58 bits per heavy atom. The molecule has 3 aromatic rings. The van der Waals surface area contributed by atoms with E-state index in [1.165, 1.54) is 0 Å². The molecule has 1 aromatic heterocycles. The minimum absolute atomic E-state index is 0.0494. The van der Waals surface area contributed by atoms with Crippen molar-refractivity contribution in [2.75, 3.05) is 60.7 Å². The van der Waals surface area contributed by atoms with Crippen molar-refractivity contribution in [2.24, 2.45) is 0 Å². The van der Waals surface area contributed by atoms with E-state index in [4.69, 9.17) is 14.2 Å². The molecule has 1 amide bonds. The molecule has 0 spiro atoms. The molecule has 0 aliphatic carbocycles. The third-order valence-corrected chi connectivity index (χ3v) is 7.28. The second-order valence-corrected chi connectivity index (χ2v) is 9.44. The van der Waals surface area contributed by atoms with Gasteiger partial charge in [-0.3, -0.25) is 9.69 Å². The van der Waals surface area contributed by atoms with E-state index in [0.29, 0.717) is 28.6 Å². The van der Waals surface area contributed by atoms with Crippen molar-refractivity contribution in [1.82, 2.24) is 34.9 Å². The smallest absolute Gasteiger partial charge is 0.253 e. The summed E-state index contributed by atoms with van der Waals surface area (Å²) in [5.41, 5.74) is 3.55. The summed E-state index contributed by atoms with van der Waals surface area (Å²) in [6.45, 7) is 4.25. The van der Waals surface area contributed by atoms with Gasteiger partial charge in [-0.25, -0.2) is 0 Å². The van der Waals surface area contributed by atoms with E-state index in [0.717, 1.165) is 56.0 Å². The van der Waals surface area contributed by atoms with Crippen molar-refractivity contribution in [2.45, 2.75) is 12.5 Å². The van der Waals surface area contributed by atoms with Gasteiger partial charge in [0.05, 0.1) is 12.8 Å². The summed E-state index contributed by atoms with van der Waals surface area (Å²) >= 11 is 0. The van der Waals surface area contributed by atoms with Crippen LogP contribution in [0.1, 0.15) is 33.4 Å². The van der Waals surface area contributed by atoms with Crippen LogP contribution in [-0.2, 0) is 6.42 Å². The Morgan fingerprint density at radius 1 is 1.06 bits per heavy atom. The average Bonchev–Trinajstić information content (AvgIpc) is 3.57. The lowest BCUT2D eigenvalue weighted by atomic mass is 9.90. The fourth-order valence-corrected chi connectivity index (χ4v) is 5.24. The molecule has 1 fully saturated rings. The topological polar surface area (TPSA) is 98.1 Å². The fraction of sp³-hybridized carbons (Fsp3) is 0.440. The Balaban J connectivity index is 1.34. The average molecular weight is 492 g/mol. The van der Waals surface area contributed by atoms with E-state index in [-0.39, 0.29) is 18.7 Å². The number of hydrogen-bond acceptors (Lipinski definition) is 9.